The highest BCUT2D eigenvalue weighted by molar-refractivity contribution is 6.02. The van der Waals surface area contributed by atoms with Gasteiger partial charge in [-0.3, -0.25) is 28.8 Å². The van der Waals surface area contributed by atoms with Crippen molar-refractivity contribution in [1.82, 2.24) is 15.2 Å². The molecule has 206 valence electrons. The fraction of sp³-hybridized carbons (Fsp3) is 0.591. The predicted octanol–water partition coefficient (Wildman–Crippen LogP) is -1.15. The molecular formula is C22H26N4O12. The zero-order valence-electron chi connectivity index (χ0n) is 20.3. The van der Waals surface area contributed by atoms with E-state index in [1.54, 1.807) is 0 Å². The van der Waals surface area contributed by atoms with Crippen LogP contribution in [0.4, 0.5) is 0 Å². The lowest BCUT2D eigenvalue weighted by atomic mass is 9.85. The number of hydrogen-bond donors (Lipinski definition) is 1. The zero-order valence-corrected chi connectivity index (χ0v) is 20.3. The molecule has 3 fully saturated rings. The summed E-state index contributed by atoms with van der Waals surface area (Å²) in [6.45, 7) is 0. The van der Waals surface area contributed by atoms with Gasteiger partial charge in [-0.05, 0) is 19.3 Å². The largest absolute Gasteiger partial charge is 0.333 e. The van der Waals surface area contributed by atoms with E-state index in [9.17, 15) is 43.2 Å². The van der Waals surface area contributed by atoms with Gasteiger partial charge in [-0.15, -0.1) is 15.2 Å². The minimum atomic E-state index is -1.42. The van der Waals surface area contributed by atoms with Crippen LogP contribution in [0.1, 0.15) is 77.0 Å². The summed E-state index contributed by atoms with van der Waals surface area (Å²) < 4.78 is 0. The molecule has 3 aliphatic heterocycles. The summed E-state index contributed by atoms with van der Waals surface area (Å²) in [6.07, 6.45) is -2.38. The summed E-state index contributed by atoms with van der Waals surface area (Å²) in [7, 11) is 0. The normalized spacial score (nSPS) is 18.1. The van der Waals surface area contributed by atoms with E-state index in [2.05, 4.69) is 0 Å². The fourth-order valence-corrected chi connectivity index (χ4v) is 3.84. The average Bonchev–Trinajstić information content (AvgIpc) is 3.48. The van der Waals surface area contributed by atoms with Crippen LogP contribution in [0.3, 0.4) is 0 Å². The van der Waals surface area contributed by atoms with E-state index in [0.717, 1.165) is 0 Å². The lowest BCUT2D eigenvalue weighted by Gasteiger charge is -2.29. The number of hydrogen-bond acceptors (Lipinski definition) is 13. The molecule has 0 aromatic carbocycles. The van der Waals surface area contributed by atoms with Gasteiger partial charge in [-0.2, -0.15) is 0 Å². The lowest BCUT2D eigenvalue weighted by Crippen LogP contribution is -2.43. The number of nitrogens with zero attached hydrogens (tertiary/aromatic N) is 3. The molecule has 3 heterocycles. The molecule has 3 rings (SSSR count). The number of hydroxylamine groups is 6. The second-order valence-electron chi connectivity index (χ2n) is 9.00. The zero-order chi connectivity index (χ0) is 28.0. The minimum Gasteiger partial charge on any atom is -0.330 e. The molecule has 6 amide bonds. The highest BCUT2D eigenvalue weighted by Gasteiger charge is 2.37. The monoisotopic (exact) mass is 538 g/mol. The quantitative estimate of drug-likeness (QED) is 0.291. The third-order valence-corrected chi connectivity index (χ3v) is 6.08. The Balaban J connectivity index is 1.58. The van der Waals surface area contributed by atoms with Gasteiger partial charge in [0.1, 0.15) is 0 Å². The number of carbonyl (C=O) groups excluding carboxylic acids is 9. The maximum atomic E-state index is 12.2. The van der Waals surface area contributed by atoms with E-state index in [-0.39, 0.29) is 57.8 Å². The molecule has 0 aromatic rings. The summed E-state index contributed by atoms with van der Waals surface area (Å²) in [5.74, 6) is -6.94. The van der Waals surface area contributed by atoms with Gasteiger partial charge in [-0.1, -0.05) is 0 Å². The third-order valence-electron chi connectivity index (χ3n) is 6.08. The topological polar surface area (TPSA) is 217 Å². The Morgan fingerprint density at radius 1 is 0.526 bits per heavy atom. The summed E-state index contributed by atoms with van der Waals surface area (Å²) in [6, 6.07) is 0. The second-order valence-corrected chi connectivity index (χ2v) is 9.00. The van der Waals surface area contributed by atoms with Gasteiger partial charge in [0, 0.05) is 63.3 Å². The molecular weight excluding hydrogens is 512 g/mol. The van der Waals surface area contributed by atoms with Crippen LogP contribution < -0.4 is 5.73 Å². The highest BCUT2D eigenvalue weighted by atomic mass is 16.7. The Labute approximate surface area is 215 Å². The van der Waals surface area contributed by atoms with Crippen LogP contribution in [-0.4, -0.2) is 74.1 Å². The van der Waals surface area contributed by atoms with Crippen molar-refractivity contribution in [3.63, 3.8) is 0 Å². The van der Waals surface area contributed by atoms with E-state index >= 15 is 0 Å². The standard InChI is InChI=1S/C22H26N4O12/c23-22(10-7-19(33)36-24-13(27)1-2-14(24)28,11-8-20(34)37-25-15(29)3-4-16(25)30)12-9-21(35)38-26-17(31)5-6-18(26)32/h1-12,23H2. The van der Waals surface area contributed by atoms with Crippen molar-refractivity contribution in [1.29, 1.82) is 0 Å². The third kappa shape index (κ3) is 7.18. The number of amides is 6. The second kappa shape index (κ2) is 11.9. The number of nitrogens with two attached hydrogens (primary N) is 1. The SMILES string of the molecule is NC(CCC(=O)ON1C(=O)CCC1=O)(CCC(=O)ON1C(=O)CCC1=O)CCC(=O)ON1C(=O)CCC1=O. The lowest BCUT2D eigenvalue weighted by molar-refractivity contribution is -0.198. The van der Waals surface area contributed by atoms with E-state index in [0.29, 0.717) is 15.2 Å². The van der Waals surface area contributed by atoms with Crippen molar-refractivity contribution >= 4 is 53.4 Å². The minimum absolute atomic E-state index is 0.0960. The van der Waals surface area contributed by atoms with Gasteiger partial charge in [0.2, 0.25) is 0 Å². The van der Waals surface area contributed by atoms with Gasteiger partial charge in [0.25, 0.3) is 35.4 Å². The van der Waals surface area contributed by atoms with Crippen LogP contribution in [-0.2, 0) is 57.7 Å². The molecule has 0 aromatic heterocycles. The molecule has 0 saturated carbocycles. The van der Waals surface area contributed by atoms with Gasteiger partial charge in [-0.25, -0.2) is 14.4 Å². The molecule has 3 saturated heterocycles. The van der Waals surface area contributed by atoms with Crippen molar-refractivity contribution in [2.24, 2.45) is 5.73 Å². The van der Waals surface area contributed by atoms with Crippen molar-refractivity contribution in [3.8, 4) is 0 Å². The number of carbonyl (C=O) groups is 9. The molecule has 0 spiro atoms. The average molecular weight is 538 g/mol. The maximum absolute atomic E-state index is 12.2. The van der Waals surface area contributed by atoms with Gasteiger partial charge >= 0.3 is 17.9 Å². The first-order valence-electron chi connectivity index (χ1n) is 11.9. The van der Waals surface area contributed by atoms with Crippen molar-refractivity contribution in [3.05, 3.63) is 0 Å². The molecule has 38 heavy (non-hydrogen) atoms. The smallest absolute Gasteiger partial charge is 0.330 e. The van der Waals surface area contributed by atoms with Gasteiger partial charge in [0.15, 0.2) is 0 Å². The summed E-state index contributed by atoms with van der Waals surface area (Å²) in [5, 5.41) is 1.09. The van der Waals surface area contributed by atoms with Crippen LogP contribution in [0.5, 0.6) is 0 Å². The molecule has 0 atom stereocenters. The molecule has 0 aliphatic carbocycles. The van der Waals surface area contributed by atoms with E-state index in [1.165, 1.54) is 0 Å². The van der Waals surface area contributed by atoms with Gasteiger partial charge < -0.3 is 20.2 Å². The van der Waals surface area contributed by atoms with Crippen LogP contribution in [0.15, 0.2) is 0 Å². The van der Waals surface area contributed by atoms with Crippen molar-refractivity contribution < 1.29 is 57.7 Å². The summed E-state index contributed by atoms with van der Waals surface area (Å²) in [4.78, 5) is 121. The first-order chi connectivity index (χ1) is 17.9. The van der Waals surface area contributed by atoms with E-state index in [4.69, 9.17) is 20.2 Å². The summed E-state index contributed by atoms with van der Waals surface area (Å²) in [5.41, 5.74) is 4.94. The fourth-order valence-electron chi connectivity index (χ4n) is 3.84. The van der Waals surface area contributed by atoms with Crippen LogP contribution in [0.2, 0.25) is 0 Å². The Bertz CT molecular complexity index is 907. The van der Waals surface area contributed by atoms with Gasteiger partial charge in [0.05, 0.1) is 0 Å². The first-order valence-corrected chi connectivity index (χ1v) is 11.9. The van der Waals surface area contributed by atoms with Crippen LogP contribution >= 0.6 is 0 Å². The predicted molar refractivity (Wildman–Crippen MR) is 116 cm³/mol. The van der Waals surface area contributed by atoms with E-state index in [1.807, 2.05) is 0 Å². The van der Waals surface area contributed by atoms with Crippen molar-refractivity contribution in [2.45, 2.75) is 82.6 Å². The molecule has 0 bridgehead atoms. The maximum Gasteiger partial charge on any atom is 0.333 e. The van der Waals surface area contributed by atoms with E-state index < -0.39 is 78.2 Å². The summed E-state index contributed by atoms with van der Waals surface area (Å²) >= 11 is 0. The van der Waals surface area contributed by atoms with Crippen molar-refractivity contribution in [2.75, 3.05) is 0 Å². The Kier molecular flexibility index (Phi) is 8.88. The highest BCUT2D eigenvalue weighted by Crippen LogP contribution is 2.25. The molecule has 3 aliphatic rings. The number of rotatable bonds is 12. The Morgan fingerprint density at radius 2 is 0.737 bits per heavy atom. The Morgan fingerprint density at radius 3 is 0.947 bits per heavy atom. The Hall–Kier alpha value is -4.21. The molecule has 0 unspecified atom stereocenters. The first kappa shape index (κ1) is 28.4. The molecule has 16 nitrogen and oxygen atoms in total. The number of imide groups is 3. The molecule has 16 heteroatoms. The van der Waals surface area contributed by atoms with Crippen LogP contribution in [0.25, 0.3) is 0 Å². The molecule has 2 N–H and O–H groups in total. The molecule has 0 radical (unpaired) electrons. The van der Waals surface area contributed by atoms with Crippen LogP contribution in [0, 0.1) is 0 Å².